The number of Topliss-reactive ketones (excluding diaryl/α,β-unsaturated/α-hetero) is 1. The Kier molecular flexibility index (Phi) is 5.24. The van der Waals surface area contributed by atoms with E-state index in [2.05, 4.69) is 18.0 Å². The highest BCUT2D eigenvalue weighted by atomic mass is 16.5. The number of phenols is 1. The summed E-state index contributed by atoms with van der Waals surface area (Å²) in [6.07, 6.45) is 7.72. The lowest BCUT2D eigenvalue weighted by Crippen LogP contribution is -2.66. The number of carbonyl (C=O) groups excluding carboxylic acids is 1. The minimum atomic E-state index is -1.20. The number of hydrogen-bond donors (Lipinski definition) is 3. The Morgan fingerprint density at radius 1 is 1.18 bits per heavy atom. The number of nitrogens with one attached hydrogen (secondary N) is 1. The second-order valence-corrected chi connectivity index (χ2v) is 10.2. The second-order valence-electron chi connectivity index (χ2n) is 10.2. The Balaban J connectivity index is 1.68. The first-order chi connectivity index (χ1) is 15.7. The van der Waals surface area contributed by atoms with Crippen LogP contribution in [0.5, 0.6) is 11.5 Å². The van der Waals surface area contributed by atoms with Gasteiger partial charge in [0.1, 0.15) is 28.8 Å². The summed E-state index contributed by atoms with van der Waals surface area (Å²) in [5.41, 5.74) is -0.385. The molecule has 3 aliphatic rings. The largest absolute Gasteiger partial charge is 0.508 e. The van der Waals surface area contributed by atoms with Crippen molar-refractivity contribution in [3.63, 3.8) is 0 Å². The molecule has 7 atom stereocenters. The van der Waals surface area contributed by atoms with Crippen molar-refractivity contribution < 1.29 is 19.7 Å². The number of benzene rings is 1. The standard InChI is InChI=1S/C27H31NO5/c1-4-5-17-18-12-14(2)6-11-20(18)27(3,32)25-21(17)23(30)22-24(33-25)19(13-28-26(22)31)15-7-9-16(29)10-8-15/h4-5,7-10,13-14,17-18,20-21,25,29,32H,6,11-12H2,1-3H3,(H,28,31)/b5-4+/t14-,17+,18+,20-,21+,25+,27-/m0/s1. The van der Waals surface area contributed by atoms with Crippen LogP contribution in [0.1, 0.15) is 50.4 Å². The molecule has 0 radical (unpaired) electrons. The van der Waals surface area contributed by atoms with Crippen molar-refractivity contribution in [2.75, 3.05) is 0 Å². The van der Waals surface area contributed by atoms with Crippen LogP contribution in [0.15, 0.2) is 47.4 Å². The molecular formula is C27H31NO5. The van der Waals surface area contributed by atoms with Gasteiger partial charge in [0.25, 0.3) is 5.56 Å². The van der Waals surface area contributed by atoms with Gasteiger partial charge < -0.3 is 19.9 Å². The highest BCUT2D eigenvalue weighted by Gasteiger charge is 2.61. The molecule has 1 aliphatic heterocycles. The minimum absolute atomic E-state index is 0.0182. The number of aromatic hydroxyl groups is 1. The van der Waals surface area contributed by atoms with E-state index in [0.717, 1.165) is 19.3 Å². The summed E-state index contributed by atoms with van der Waals surface area (Å²) in [4.78, 5) is 29.5. The van der Waals surface area contributed by atoms with Crippen molar-refractivity contribution in [2.45, 2.75) is 51.7 Å². The summed E-state index contributed by atoms with van der Waals surface area (Å²) >= 11 is 0. The molecule has 0 saturated heterocycles. The van der Waals surface area contributed by atoms with E-state index >= 15 is 0 Å². The maximum Gasteiger partial charge on any atom is 0.262 e. The van der Waals surface area contributed by atoms with E-state index in [0.29, 0.717) is 17.0 Å². The molecule has 2 heterocycles. The summed E-state index contributed by atoms with van der Waals surface area (Å²) in [5, 5.41) is 21.5. The molecule has 2 saturated carbocycles. The number of H-pyrrole nitrogens is 1. The summed E-state index contributed by atoms with van der Waals surface area (Å²) in [5.74, 6) is 0.0795. The highest BCUT2D eigenvalue weighted by Crippen LogP contribution is 2.56. The van der Waals surface area contributed by atoms with E-state index in [-0.39, 0.29) is 40.6 Å². The molecule has 0 bridgehead atoms. The number of aromatic amines is 1. The zero-order valence-corrected chi connectivity index (χ0v) is 19.2. The van der Waals surface area contributed by atoms with Gasteiger partial charge in [0.05, 0.1) is 5.92 Å². The molecule has 174 valence electrons. The Hall–Kier alpha value is -2.86. The zero-order chi connectivity index (χ0) is 23.5. The Morgan fingerprint density at radius 3 is 2.61 bits per heavy atom. The number of aromatic nitrogens is 1. The normalized spacial score (nSPS) is 35.5. The molecule has 6 heteroatoms. The van der Waals surface area contributed by atoms with E-state index < -0.39 is 23.2 Å². The number of rotatable bonds is 2. The third-order valence-electron chi connectivity index (χ3n) is 8.16. The van der Waals surface area contributed by atoms with Gasteiger partial charge in [-0.25, -0.2) is 0 Å². The fourth-order valence-electron chi connectivity index (χ4n) is 6.62. The SMILES string of the molecule is C/C=C/[C@@H]1[C@H]2C[C@@H](C)CC[C@@H]2[C@](C)(O)[C@@H]2Oc3c(-c4ccc(O)cc4)c[nH]c(=O)c3C(=O)[C@@H]12. The Bertz CT molecular complexity index is 1160. The number of hydrogen-bond acceptors (Lipinski definition) is 5. The monoisotopic (exact) mass is 449 g/mol. The molecule has 5 rings (SSSR count). The van der Waals surface area contributed by atoms with Gasteiger partial charge in [0.15, 0.2) is 5.78 Å². The van der Waals surface area contributed by atoms with Gasteiger partial charge in [-0.15, -0.1) is 0 Å². The van der Waals surface area contributed by atoms with Gasteiger partial charge >= 0.3 is 0 Å². The zero-order valence-electron chi connectivity index (χ0n) is 19.2. The average molecular weight is 450 g/mol. The summed E-state index contributed by atoms with van der Waals surface area (Å²) in [6, 6.07) is 6.52. The number of fused-ring (bicyclic) bond motifs is 3. The van der Waals surface area contributed by atoms with Crippen molar-refractivity contribution in [1.29, 1.82) is 0 Å². The maximum atomic E-state index is 14.0. The summed E-state index contributed by atoms with van der Waals surface area (Å²) in [7, 11) is 0. The van der Waals surface area contributed by atoms with Gasteiger partial charge in [-0.1, -0.05) is 37.6 Å². The van der Waals surface area contributed by atoms with E-state index in [9.17, 15) is 19.8 Å². The summed E-state index contributed by atoms with van der Waals surface area (Å²) < 4.78 is 6.48. The number of pyridine rings is 1. The van der Waals surface area contributed by atoms with Crippen LogP contribution in [0.3, 0.4) is 0 Å². The van der Waals surface area contributed by atoms with E-state index in [1.807, 2.05) is 13.0 Å². The van der Waals surface area contributed by atoms with Gasteiger partial charge in [0, 0.05) is 11.8 Å². The molecule has 6 nitrogen and oxygen atoms in total. The van der Waals surface area contributed by atoms with Gasteiger partial charge in [-0.3, -0.25) is 9.59 Å². The first-order valence-electron chi connectivity index (χ1n) is 11.8. The molecule has 0 amide bonds. The van der Waals surface area contributed by atoms with Crippen molar-refractivity contribution in [2.24, 2.45) is 29.6 Å². The number of ether oxygens (including phenoxy) is 1. The van der Waals surface area contributed by atoms with Crippen molar-refractivity contribution >= 4 is 5.78 Å². The summed E-state index contributed by atoms with van der Waals surface area (Å²) in [6.45, 7) is 5.98. The smallest absolute Gasteiger partial charge is 0.262 e. The van der Waals surface area contributed by atoms with Gasteiger partial charge in [-0.05, 0) is 68.1 Å². The van der Waals surface area contributed by atoms with Crippen LogP contribution in [0.25, 0.3) is 11.1 Å². The second kappa shape index (κ2) is 7.87. The average Bonchev–Trinajstić information content (AvgIpc) is 2.77. The fraction of sp³-hybridized carbons (Fsp3) is 0.481. The predicted octanol–water partition coefficient (Wildman–Crippen LogP) is 4.32. The van der Waals surface area contributed by atoms with Crippen LogP contribution >= 0.6 is 0 Å². The number of phenolic OH excluding ortho intramolecular Hbond substituents is 1. The lowest BCUT2D eigenvalue weighted by molar-refractivity contribution is -0.177. The molecule has 33 heavy (non-hydrogen) atoms. The highest BCUT2D eigenvalue weighted by molar-refractivity contribution is 6.03. The van der Waals surface area contributed by atoms with Crippen molar-refractivity contribution in [1.82, 2.24) is 4.98 Å². The van der Waals surface area contributed by atoms with E-state index in [1.54, 1.807) is 31.2 Å². The maximum absolute atomic E-state index is 14.0. The van der Waals surface area contributed by atoms with Gasteiger partial charge in [-0.2, -0.15) is 0 Å². The number of allylic oxidation sites excluding steroid dienone is 2. The molecular weight excluding hydrogens is 418 g/mol. The molecule has 1 aromatic carbocycles. The third kappa shape index (κ3) is 3.34. The van der Waals surface area contributed by atoms with Gasteiger partial charge in [0.2, 0.25) is 0 Å². The van der Waals surface area contributed by atoms with E-state index in [4.69, 9.17) is 4.74 Å². The third-order valence-corrected chi connectivity index (χ3v) is 8.16. The molecule has 2 fully saturated rings. The predicted molar refractivity (Wildman–Crippen MR) is 125 cm³/mol. The lowest BCUT2D eigenvalue weighted by atomic mass is 9.52. The van der Waals surface area contributed by atoms with Crippen LogP contribution in [0.4, 0.5) is 0 Å². The number of aliphatic hydroxyl groups is 1. The van der Waals surface area contributed by atoms with E-state index in [1.165, 1.54) is 6.20 Å². The molecule has 2 aromatic rings. The quantitative estimate of drug-likeness (QED) is 0.593. The molecule has 2 aliphatic carbocycles. The van der Waals surface area contributed by atoms with Crippen LogP contribution < -0.4 is 10.3 Å². The topological polar surface area (TPSA) is 99.6 Å². The van der Waals surface area contributed by atoms with Crippen molar-refractivity contribution in [3.05, 3.63) is 58.5 Å². The van der Waals surface area contributed by atoms with Crippen molar-refractivity contribution in [3.8, 4) is 22.6 Å². The number of carbonyl (C=O) groups is 1. The van der Waals surface area contributed by atoms with Crippen LogP contribution in [0, 0.1) is 29.6 Å². The first-order valence-corrected chi connectivity index (χ1v) is 11.8. The lowest BCUT2D eigenvalue weighted by Gasteiger charge is -2.57. The minimum Gasteiger partial charge on any atom is -0.508 e. The van der Waals surface area contributed by atoms with Crippen LogP contribution in [-0.2, 0) is 0 Å². The van der Waals surface area contributed by atoms with Crippen LogP contribution in [0.2, 0.25) is 0 Å². The molecule has 1 aromatic heterocycles. The number of ketones is 1. The molecule has 0 unspecified atom stereocenters. The molecule has 0 spiro atoms. The fourth-order valence-corrected chi connectivity index (χ4v) is 6.62. The first kappa shape index (κ1) is 22.0. The molecule has 3 N–H and O–H groups in total. The Morgan fingerprint density at radius 2 is 1.91 bits per heavy atom. The Labute approximate surface area is 193 Å². The van der Waals surface area contributed by atoms with Crippen LogP contribution in [-0.4, -0.2) is 32.7 Å².